The Morgan fingerprint density at radius 1 is 1.47 bits per heavy atom. The molecule has 0 aliphatic carbocycles. The van der Waals surface area contributed by atoms with Crippen LogP contribution in [0, 0.1) is 28.6 Å². The Morgan fingerprint density at radius 2 is 2.20 bits per heavy atom. The van der Waals surface area contributed by atoms with Gasteiger partial charge in [-0.2, -0.15) is 10.5 Å². The van der Waals surface area contributed by atoms with Crippen LogP contribution in [0.3, 0.4) is 0 Å². The quantitative estimate of drug-likeness (QED) is 0.742. The molecule has 76 valence electrons. The molecule has 0 aromatic carbocycles. The summed E-state index contributed by atoms with van der Waals surface area (Å²) in [5.41, 5.74) is 0.542. The van der Waals surface area contributed by atoms with E-state index in [4.69, 9.17) is 10.5 Å². The first-order valence-electron chi connectivity index (χ1n) is 4.64. The predicted molar refractivity (Wildman–Crippen MR) is 57.0 cm³/mol. The standard InChI is InChI=1S/C11H12N4/c1-9(5-12)8-15(2)11-4-3-10(6-13)7-14-11/h3-4,7,9H,8H2,1-2H3. The maximum atomic E-state index is 8.67. The number of pyridine rings is 1. The fourth-order valence-corrected chi connectivity index (χ4v) is 1.22. The average Bonchev–Trinajstić information content (AvgIpc) is 2.29. The fourth-order valence-electron chi connectivity index (χ4n) is 1.22. The van der Waals surface area contributed by atoms with E-state index in [1.54, 1.807) is 12.1 Å². The van der Waals surface area contributed by atoms with E-state index in [0.29, 0.717) is 12.1 Å². The zero-order valence-corrected chi connectivity index (χ0v) is 8.81. The van der Waals surface area contributed by atoms with Crippen LogP contribution in [0.4, 0.5) is 5.82 Å². The van der Waals surface area contributed by atoms with Gasteiger partial charge in [-0.25, -0.2) is 4.98 Å². The van der Waals surface area contributed by atoms with Gasteiger partial charge >= 0.3 is 0 Å². The van der Waals surface area contributed by atoms with Crippen molar-refractivity contribution in [1.82, 2.24) is 4.98 Å². The minimum atomic E-state index is -0.0348. The van der Waals surface area contributed by atoms with Gasteiger partial charge in [0.2, 0.25) is 0 Å². The van der Waals surface area contributed by atoms with Gasteiger partial charge in [-0.3, -0.25) is 0 Å². The Hall–Kier alpha value is -2.07. The molecule has 1 heterocycles. The van der Waals surface area contributed by atoms with Crippen molar-refractivity contribution >= 4 is 5.82 Å². The number of hydrogen-bond donors (Lipinski definition) is 0. The van der Waals surface area contributed by atoms with Gasteiger partial charge in [0.15, 0.2) is 0 Å². The molecule has 0 bridgehead atoms. The molecule has 1 atom stereocenters. The largest absolute Gasteiger partial charge is 0.358 e. The van der Waals surface area contributed by atoms with Crippen LogP contribution >= 0.6 is 0 Å². The highest BCUT2D eigenvalue weighted by molar-refractivity contribution is 5.41. The first-order valence-corrected chi connectivity index (χ1v) is 4.64. The van der Waals surface area contributed by atoms with Gasteiger partial charge in [0.1, 0.15) is 11.9 Å². The van der Waals surface area contributed by atoms with Crippen LogP contribution < -0.4 is 4.90 Å². The first-order chi connectivity index (χ1) is 7.17. The monoisotopic (exact) mass is 200 g/mol. The molecule has 0 aliphatic rings. The van der Waals surface area contributed by atoms with E-state index in [9.17, 15) is 0 Å². The average molecular weight is 200 g/mol. The van der Waals surface area contributed by atoms with Crippen molar-refractivity contribution in [3.05, 3.63) is 23.9 Å². The van der Waals surface area contributed by atoms with E-state index in [1.807, 2.05) is 24.9 Å². The summed E-state index contributed by atoms with van der Waals surface area (Å²) in [4.78, 5) is 6.03. The van der Waals surface area contributed by atoms with Crippen LogP contribution in [-0.4, -0.2) is 18.6 Å². The third-order valence-corrected chi connectivity index (χ3v) is 2.04. The SMILES string of the molecule is CC(C#N)CN(C)c1ccc(C#N)cn1. The summed E-state index contributed by atoms with van der Waals surface area (Å²) in [5.74, 6) is 0.739. The Bertz CT molecular complexity index is 396. The van der Waals surface area contributed by atoms with Gasteiger partial charge in [0.25, 0.3) is 0 Å². The highest BCUT2D eigenvalue weighted by Gasteiger charge is 2.06. The second-order valence-corrected chi connectivity index (χ2v) is 3.43. The summed E-state index contributed by atoms with van der Waals surface area (Å²) < 4.78 is 0. The summed E-state index contributed by atoms with van der Waals surface area (Å²) in [6, 6.07) is 7.68. The van der Waals surface area contributed by atoms with Crippen LogP contribution in [0.1, 0.15) is 12.5 Å². The van der Waals surface area contributed by atoms with E-state index in [0.717, 1.165) is 5.82 Å². The van der Waals surface area contributed by atoms with E-state index in [2.05, 4.69) is 11.1 Å². The molecule has 1 aromatic heterocycles. The Morgan fingerprint density at radius 3 is 2.67 bits per heavy atom. The lowest BCUT2D eigenvalue weighted by atomic mass is 10.2. The van der Waals surface area contributed by atoms with Crippen molar-refractivity contribution in [3.63, 3.8) is 0 Å². The van der Waals surface area contributed by atoms with Gasteiger partial charge in [-0.15, -0.1) is 0 Å². The van der Waals surface area contributed by atoms with Gasteiger partial charge in [-0.05, 0) is 19.1 Å². The van der Waals surface area contributed by atoms with Gasteiger partial charge in [0, 0.05) is 19.8 Å². The number of hydrogen-bond acceptors (Lipinski definition) is 4. The molecule has 4 heteroatoms. The normalized spacial score (nSPS) is 11.2. The van der Waals surface area contributed by atoms with Crippen molar-refractivity contribution < 1.29 is 0 Å². The molecule has 1 aromatic rings. The second-order valence-electron chi connectivity index (χ2n) is 3.43. The van der Waals surface area contributed by atoms with Crippen LogP contribution in [-0.2, 0) is 0 Å². The van der Waals surface area contributed by atoms with Crippen LogP contribution in [0.2, 0.25) is 0 Å². The van der Waals surface area contributed by atoms with E-state index >= 15 is 0 Å². The lowest BCUT2D eigenvalue weighted by Crippen LogP contribution is -2.23. The molecule has 0 fully saturated rings. The van der Waals surface area contributed by atoms with E-state index in [1.165, 1.54) is 6.20 Å². The molecule has 0 saturated carbocycles. The summed E-state index contributed by atoms with van der Waals surface area (Å²) in [5, 5.41) is 17.3. The molecule has 1 rings (SSSR count). The third kappa shape index (κ3) is 2.96. The maximum absolute atomic E-state index is 8.67. The number of nitrogens with zero attached hydrogens (tertiary/aromatic N) is 4. The predicted octanol–water partition coefficient (Wildman–Crippen LogP) is 1.55. The smallest absolute Gasteiger partial charge is 0.128 e. The summed E-state index contributed by atoms with van der Waals surface area (Å²) in [6.07, 6.45) is 1.53. The molecule has 0 amide bonds. The highest BCUT2D eigenvalue weighted by Crippen LogP contribution is 2.10. The van der Waals surface area contributed by atoms with Crippen molar-refractivity contribution in [1.29, 1.82) is 10.5 Å². The zero-order valence-electron chi connectivity index (χ0n) is 8.81. The Labute approximate surface area is 89.4 Å². The van der Waals surface area contributed by atoms with Crippen LogP contribution in [0.5, 0.6) is 0 Å². The summed E-state index contributed by atoms with van der Waals surface area (Å²) in [7, 11) is 1.88. The van der Waals surface area contributed by atoms with Gasteiger partial charge in [-0.1, -0.05) is 0 Å². The molecular weight excluding hydrogens is 188 g/mol. The third-order valence-electron chi connectivity index (χ3n) is 2.04. The van der Waals surface area contributed by atoms with E-state index < -0.39 is 0 Å². The van der Waals surface area contributed by atoms with Crippen LogP contribution in [0.15, 0.2) is 18.3 Å². The van der Waals surface area contributed by atoms with Crippen LogP contribution in [0.25, 0.3) is 0 Å². The minimum absolute atomic E-state index is 0.0348. The Kier molecular flexibility index (Phi) is 3.65. The summed E-state index contributed by atoms with van der Waals surface area (Å²) in [6.45, 7) is 2.50. The molecule has 1 unspecified atom stereocenters. The number of aromatic nitrogens is 1. The molecule has 0 spiro atoms. The van der Waals surface area contributed by atoms with Crippen molar-refractivity contribution in [2.24, 2.45) is 5.92 Å². The zero-order chi connectivity index (χ0) is 11.3. The topological polar surface area (TPSA) is 63.7 Å². The number of rotatable bonds is 3. The van der Waals surface area contributed by atoms with E-state index in [-0.39, 0.29) is 5.92 Å². The molecule has 15 heavy (non-hydrogen) atoms. The molecule has 0 radical (unpaired) electrons. The molecule has 4 nitrogen and oxygen atoms in total. The first kappa shape index (κ1) is 11.0. The van der Waals surface area contributed by atoms with Gasteiger partial charge in [0.05, 0.1) is 17.6 Å². The molecular formula is C11H12N4. The maximum Gasteiger partial charge on any atom is 0.128 e. The number of nitriles is 2. The lowest BCUT2D eigenvalue weighted by Gasteiger charge is -2.18. The molecule has 0 N–H and O–H groups in total. The lowest BCUT2D eigenvalue weighted by molar-refractivity contribution is 0.710. The molecule has 0 aliphatic heterocycles. The van der Waals surface area contributed by atoms with Crippen molar-refractivity contribution in [3.8, 4) is 12.1 Å². The second kappa shape index (κ2) is 4.97. The molecule has 0 saturated heterocycles. The van der Waals surface area contributed by atoms with Crippen molar-refractivity contribution in [2.45, 2.75) is 6.92 Å². The Balaban J connectivity index is 2.71. The summed E-state index contributed by atoms with van der Waals surface area (Å²) >= 11 is 0. The minimum Gasteiger partial charge on any atom is -0.358 e. The van der Waals surface area contributed by atoms with Crippen molar-refractivity contribution in [2.75, 3.05) is 18.5 Å². The number of anilines is 1. The highest BCUT2D eigenvalue weighted by atomic mass is 15.2. The van der Waals surface area contributed by atoms with Gasteiger partial charge < -0.3 is 4.90 Å². The fraction of sp³-hybridized carbons (Fsp3) is 0.364.